The number of anilines is 1. The summed E-state index contributed by atoms with van der Waals surface area (Å²) in [5, 5.41) is 14.0. The third-order valence-corrected chi connectivity index (χ3v) is 2.84. The fraction of sp³-hybridized carbons (Fsp3) is 0.333. The molecule has 0 aliphatic carbocycles. The van der Waals surface area contributed by atoms with Gasteiger partial charge in [-0.15, -0.1) is 0 Å². The van der Waals surface area contributed by atoms with Crippen LogP contribution < -0.4 is 5.32 Å². The van der Waals surface area contributed by atoms with Crippen molar-refractivity contribution in [3.05, 3.63) is 27.7 Å². The Morgan fingerprint density at radius 2 is 2.00 bits per heavy atom. The van der Waals surface area contributed by atoms with Crippen LogP contribution in [0.25, 0.3) is 0 Å². The number of benzene rings is 1. The maximum atomic E-state index is 9.68. The van der Waals surface area contributed by atoms with Crippen LogP contribution in [0, 0.1) is 0 Å². The van der Waals surface area contributed by atoms with E-state index in [4.69, 9.17) is 23.2 Å². The molecule has 1 unspecified atom stereocenters. The highest BCUT2D eigenvalue weighted by Gasteiger charge is 2.22. The van der Waals surface area contributed by atoms with Gasteiger partial charge in [-0.1, -0.05) is 23.2 Å². The Kier molecular flexibility index (Phi) is 2.37. The molecule has 1 aliphatic rings. The standard InChI is InChI=1S/C9H9Cl2NO/c10-5-1-2-6(11)9-8(5)7(13)3-4-12-9/h1-2,7,12-13H,3-4H2. The summed E-state index contributed by atoms with van der Waals surface area (Å²) in [5.41, 5.74) is 1.49. The number of fused-ring (bicyclic) bond motifs is 1. The molecule has 2 N–H and O–H groups in total. The van der Waals surface area contributed by atoms with Gasteiger partial charge in [-0.2, -0.15) is 0 Å². The molecule has 4 heteroatoms. The minimum absolute atomic E-state index is 0.498. The Morgan fingerprint density at radius 3 is 2.69 bits per heavy atom. The molecule has 13 heavy (non-hydrogen) atoms. The quantitative estimate of drug-likeness (QED) is 0.701. The zero-order valence-corrected chi connectivity index (χ0v) is 8.36. The van der Waals surface area contributed by atoms with Gasteiger partial charge >= 0.3 is 0 Å². The Hall–Kier alpha value is -0.440. The second kappa shape index (κ2) is 3.37. The molecule has 1 aliphatic heterocycles. The van der Waals surface area contributed by atoms with Crippen molar-refractivity contribution < 1.29 is 5.11 Å². The normalized spacial score (nSPS) is 20.7. The average molecular weight is 218 g/mol. The van der Waals surface area contributed by atoms with Crippen LogP contribution in [0.5, 0.6) is 0 Å². The molecule has 0 radical (unpaired) electrons. The van der Waals surface area contributed by atoms with E-state index < -0.39 is 6.10 Å². The lowest BCUT2D eigenvalue weighted by Crippen LogP contribution is -2.17. The predicted octanol–water partition coefficient (Wildman–Crippen LogP) is 2.84. The minimum Gasteiger partial charge on any atom is -0.388 e. The fourth-order valence-electron chi connectivity index (χ4n) is 1.55. The van der Waals surface area contributed by atoms with Gasteiger partial charge in [0.2, 0.25) is 0 Å². The monoisotopic (exact) mass is 217 g/mol. The summed E-state index contributed by atoms with van der Waals surface area (Å²) in [6, 6.07) is 3.44. The molecular formula is C9H9Cl2NO. The molecule has 1 atom stereocenters. The van der Waals surface area contributed by atoms with E-state index in [0.717, 1.165) is 17.8 Å². The van der Waals surface area contributed by atoms with Gasteiger partial charge in [0.1, 0.15) is 0 Å². The molecule has 0 saturated heterocycles. The lowest BCUT2D eigenvalue weighted by molar-refractivity contribution is 0.168. The summed E-state index contributed by atoms with van der Waals surface area (Å²) in [7, 11) is 0. The van der Waals surface area contributed by atoms with Crippen LogP contribution in [0.4, 0.5) is 5.69 Å². The number of aliphatic hydroxyl groups is 1. The minimum atomic E-state index is -0.498. The molecule has 2 nitrogen and oxygen atoms in total. The summed E-state index contributed by atoms with van der Waals surface area (Å²) in [6.07, 6.45) is 0.176. The van der Waals surface area contributed by atoms with E-state index in [2.05, 4.69) is 5.32 Å². The highest BCUT2D eigenvalue weighted by molar-refractivity contribution is 6.36. The van der Waals surface area contributed by atoms with Crippen LogP contribution in [0.15, 0.2) is 12.1 Å². The first-order valence-electron chi connectivity index (χ1n) is 4.10. The summed E-state index contributed by atoms with van der Waals surface area (Å²) in [6.45, 7) is 0.730. The topological polar surface area (TPSA) is 32.3 Å². The average Bonchev–Trinajstić information content (AvgIpc) is 2.12. The maximum Gasteiger partial charge on any atom is 0.0842 e. The first kappa shape index (κ1) is 9.13. The third kappa shape index (κ3) is 1.50. The third-order valence-electron chi connectivity index (χ3n) is 2.19. The zero-order valence-electron chi connectivity index (χ0n) is 6.85. The van der Waals surface area contributed by atoms with Gasteiger partial charge in [0.15, 0.2) is 0 Å². The highest BCUT2D eigenvalue weighted by atomic mass is 35.5. The van der Waals surface area contributed by atoms with Crippen molar-refractivity contribution >= 4 is 28.9 Å². The van der Waals surface area contributed by atoms with Crippen LogP contribution in [-0.2, 0) is 0 Å². The van der Waals surface area contributed by atoms with E-state index >= 15 is 0 Å². The van der Waals surface area contributed by atoms with Crippen LogP contribution in [0.2, 0.25) is 10.0 Å². The Labute approximate surface area is 86.5 Å². The van der Waals surface area contributed by atoms with Crippen molar-refractivity contribution in [1.29, 1.82) is 0 Å². The van der Waals surface area contributed by atoms with Crippen molar-refractivity contribution in [3.8, 4) is 0 Å². The van der Waals surface area contributed by atoms with Gasteiger partial charge in [0.25, 0.3) is 0 Å². The van der Waals surface area contributed by atoms with Crippen molar-refractivity contribution in [2.45, 2.75) is 12.5 Å². The zero-order chi connectivity index (χ0) is 9.42. The van der Waals surface area contributed by atoms with Crippen molar-refractivity contribution in [3.63, 3.8) is 0 Å². The number of rotatable bonds is 0. The van der Waals surface area contributed by atoms with Crippen LogP contribution in [0.3, 0.4) is 0 Å². The van der Waals surface area contributed by atoms with Crippen LogP contribution in [0.1, 0.15) is 18.1 Å². The first-order valence-corrected chi connectivity index (χ1v) is 4.85. The van der Waals surface area contributed by atoms with E-state index in [1.54, 1.807) is 12.1 Å². The van der Waals surface area contributed by atoms with Gasteiger partial charge in [0.05, 0.1) is 16.8 Å². The van der Waals surface area contributed by atoms with E-state index in [1.807, 2.05) is 0 Å². The van der Waals surface area contributed by atoms with Crippen molar-refractivity contribution in [1.82, 2.24) is 0 Å². The second-order valence-corrected chi connectivity index (χ2v) is 3.86. The van der Waals surface area contributed by atoms with Crippen molar-refractivity contribution in [2.75, 3.05) is 11.9 Å². The molecule has 1 aromatic carbocycles. The first-order chi connectivity index (χ1) is 6.20. The molecule has 0 fully saturated rings. The largest absolute Gasteiger partial charge is 0.388 e. The van der Waals surface area contributed by atoms with Gasteiger partial charge in [-0.25, -0.2) is 0 Å². The summed E-state index contributed by atoms with van der Waals surface area (Å²) < 4.78 is 0. The van der Waals surface area contributed by atoms with Crippen LogP contribution >= 0.6 is 23.2 Å². The number of aliphatic hydroxyl groups excluding tert-OH is 1. The summed E-state index contributed by atoms with van der Waals surface area (Å²) in [4.78, 5) is 0. The molecular weight excluding hydrogens is 209 g/mol. The number of hydrogen-bond acceptors (Lipinski definition) is 2. The van der Waals surface area contributed by atoms with E-state index in [-0.39, 0.29) is 0 Å². The summed E-state index contributed by atoms with van der Waals surface area (Å²) in [5.74, 6) is 0. The van der Waals surface area contributed by atoms with E-state index in [0.29, 0.717) is 16.5 Å². The molecule has 1 heterocycles. The fourth-order valence-corrected chi connectivity index (χ4v) is 2.07. The Balaban J connectivity index is 2.60. The van der Waals surface area contributed by atoms with Gasteiger partial charge in [-0.05, 0) is 18.6 Å². The van der Waals surface area contributed by atoms with Crippen molar-refractivity contribution in [2.24, 2.45) is 0 Å². The molecule has 70 valence electrons. The van der Waals surface area contributed by atoms with Gasteiger partial charge in [0, 0.05) is 17.1 Å². The molecule has 2 rings (SSSR count). The molecule has 0 aromatic heterocycles. The van der Waals surface area contributed by atoms with Gasteiger partial charge in [-0.3, -0.25) is 0 Å². The molecule has 0 spiro atoms. The number of halogens is 2. The van der Waals surface area contributed by atoms with Crippen LogP contribution in [-0.4, -0.2) is 11.7 Å². The molecule has 0 saturated carbocycles. The Morgan fingerprint density at radius 1 is 1.31 bits per heavy atom. The second-order valence-electron chi connectivity index (χ2n) is 3.05. The van der Waals surface area contributed by atoms with E-state index in [9.17, 15) is 5.11 Å². The molecule has 1 aromatic rings. The lowest BCUT2D eigenvalue weighted by atomic mass is 10.0. The smallest absolute Gasteiger partial charge is 0.0842 e. The molecule has 0 bridgehead atoms. The highest BCUT2D eigenvalue weighted by Crippen LogP contribution is 2.39. The van der Waals surface area contributed by atoms with Gasteiger partial charge < -0.3 is 10.4 Å². The lowest BCUT2D eigenvalue weighted by Gasteiger charge is -2.24. The SMILES string of the molecule is OC1CCNc2c(Cl)ccc(Cl)c21. The van der Waals surface area contributed by atoms with E-state index in [1.165, 1.54) is 0 Å². The Bertz CT molecular complexity index is 341. The molecule has 0 amide bonds. The number of nitrogens with one attached hydrogen (secondary N) is 1. The number of hydrogen-bond donors (Lipinski definition) is 2. The maximum absolute atomic E-state index is 9.68. The predicted molar refractivity (Wildman–Crippen MR) is 54.5 cm³/mol. The summed E-state index contributed by atoms with van der Waals surface area (Å²) >= 11 is 11.9.